The van der Waals surface area contributed by atoms with Crippen LogP contribution >= 0.6 is 0 Å². The zero-order valence-corrected chi connectivity index (χ0v) is 22.4. The molecule has 0 spiro atoms. The third-order valence-electron chi connectivity index (χ3n) is 6.89. The van der Waals surface area contributed by atoms with Crippen molar-refractivity contribution in [3.8, 4) is 0 Å². The molecule has 0 aliphatic heterocycles. The van der Waals surface area contributed by atoms with Crippen LogP contribution in [0.5, 0.6) is 0 Å². The summed E-state index contributed by atoms with van der Waals surface area (Å²) in [6.45, 7) is 24.2. The topological polar surface area (TPSA) is 0 Å². The molecule has 0 aliphatic carbocycles. The molecule has 174 valence electrons. The van der Waals surface area contributed by atoms with Gasteiger partial charge in [-0.25, -0.2) is 0 Å². The van der Waals surface area contributed by atoms with E-state index in [9.17, 15) is 0 Å². The Hall–Kier alpha value is -0.780. The molecule has 0 heterocycles. The first-order valence-electron chi connectivity index (χ1n) is 13.4. The molecule has 0 N–H and O–H groups in total. The van der Waals surface area contributed by atoms with Crippen LogP contribution in [0.4, 0.5) is 0 Å². The van der Waals surface area contributed by atoms with Gasteiger partial charge in [0.15, 0.2) is 0 Å². The van der Waals surface area contributed by atoms with Crippen LogP contribution in [0.25, 0.3) is 0 Å². The maximum Gasteiger partial charge on any atom is -0.0185 e. The molecule has 0 aliphatic rings. The maximum absolute atomic E-state index is 2.51. The van der Waals surface area contributed by atoms with E-state index in [1.165, 1.54) is 64.2 Å². The molecule has 0 nitrogen and oxygen atoms in total. The van der Waals surface area contributed by atoms with Crippen molar-refractivity contribution >= 4 is 0 Å². The molecule has 1 atom stereocenters. The summed E-state index contributed by atoms with van der Waals surface area (Å²) in [4.78, 5) is 0. The summed E-state index contributed by atoms with van der Waals surface area (Å²) in [6, 6.07) is 0. The second kappa shape index (κ2) is 13.6. The van der Waals surface area contributed by atoms with Gasteiger partial charge in [0.2, 0.25) is 0 Å². The van der Waals surface area contributed by atoms with Gasteiger partial charge in [-0.1, -0.05) is 101 Å². The van der Waals surface area contributed by atoms with Crippen molar-refractivity contribution in [1.29, 1.82) is 0 Å². The molecule has 0 heteroatoms. The Labute approximate surface area is 190 Å². The molecule has 0 fully saturated rings. The lowest BCUT2D eigenvalue weighted by molar-refractivity contribution is 0.614. The van der Waals surface area contributed by atoms with Crippen LogP contribution in [0.2, 0.25) is 0 Å². The van der Waals surface area contributed by atoms with Crippen LogP contribution in [0.15, 0.2) is 0 Å². The highest BCUT2D eigenvalue weighted by Crippen LogP contribution is 2.45. The van der Waals surface area contributed by atoms with Crippen LogP contribution < -0.4 is 0 Å². The first-order valence-corrected chi connectivity index (χ1v) is 13.4. The largest absolute Gasteiger partial charge is 0.0654 e. The Balaban J connectivity index is 3.94. The van der Waals surface area contributed by atoms with Gasteiger partial charge in [0.25, 0.3) is 0 Å². The minimum Gasteiger partial charge on any atom is -0.0654 e. The number of benzene rings is 1. The highest BCUT2D eigenvalue weighted by atomic mass is 14.3. The second-order valence-corrected chi connectivity index (χ2v) is 10.7. The minimum absolute atomic E-state index is 0.607. The molecule has 0 amide bonds. The Morgan fingerprint density at radius 2 is 0.867 bits per heavy atom. The van der Waals surface area contributed by atoms with E-state index in [0.29, 0.717) is 23.7 Å². The highest BCUT2D eigenvalue weighted by Gasteiger charge is 2.29. The van der Waals surface area contributed by atoms with Gasteiger partial charge in [0.1, 0.15) is 0 Å². The monoisotopic (exact) mass is 414 g/mol. The predicted molar refractivity (Wildman–Crippen MR) is 138 cm³/mol. The van der Waals surface area contributed by atoms with E-state index in [-0.39, 0.29) is 0 Å². The van der Waals surface area contributed by atoms with Crippen molar-refractivity contribution in [2.24, 2.45) is 0 Å². The normalized spacial score (nSPS) is 13.1. The van der Waals surface area contributed by atoms with E-state index in [2.05, 4.69) is 69.2 Å². The number of hydrogen-bond donors (Lipinski definition) is 0. The summed E-state index contributed by atoms with van der Waals surface area (Å²) in [6.07, 6.45) is 13.1. The average molecular weight is 415 g/mol. The van der Waals surface area contributed by atoms with Crippen molar-refractivity contribution < 1.29 is 0 Å². The van der Waals surface area contributed by atoms with Crippen molar-refractivity contribution in [2.45, 2.75) is 157 Å². The first-order chi connectivity index (χ1) is 14.2. The van der Waals surface area contributed by atoms with Crippen molar-refractivity contribution in [1.82, 2.24) is 0 Å². The van der Waals surface area contributed by atoms with Crippen LogP contribution in [-0.4, -0.2) is 0 Å². The van der Waals surface area contributed by atoms with Gasteiger partial charge in [-0.3, -0.25) is 0 Å². The standard InChI is InChI=1S/C30H54/c1-11-14-16-19-25-27(21(4)5)26(20-17-15-12-2)29(23(8)9)30(24(10)18-13-3)28(25)22(6)7/h21-24H,11-20H2,1-10H3. The predicted octanol–water partition coefficient (Wildman–Crippen LogP) is 10.4. The lowest BCUT2D eigenvalue weighted by atomic mass is 9.71. The Morgan fingerprint density at radius 1 is 0.467 bits per heavy atom. The molecular formula is C30H54. The molecular weight excluding hydrogens is 360 g/mol. The Morgan fingerprint density at radius 3 is 1.17 bits per heavy atom. The number of rotatable bonds is 14. The van der Waals surface area contributed by atoms with Gasteiger partial charge in [-0.05, 0) is 89.2 Å². The van der Waals surface area contributed by atoms with Gasteiger partial charge >= 0.3 is 0 Å². The zero-order chi connectivity index (χ0) is 22.8. The van der Waals surface area contributed by atoms with Crippen LogP contribution in [0.3, 0.4) is 0 Å². The summed E-state index contributed by atoms with van der Waals surface area (Å²) >= 11 is 0. The third-order valence-corrected chi connectivity index (χ3v) is 6.89. The SMILES string of the molecule is CCCCCc1c(C(C)C)c(CCCCC)c(C(C)C)c(C(C)CCC)c1C(C)C. The average Bonchev–Trinajstić information content (AvgIpc) is 2.66. The molecule has 0 bridgehead atoms. The summed E-state index contributed by atoms with van der Waals surface area (Å²) in [5.41, 5.74) is 10.5. The van der Waals surface area contributed by atoms with E-state index in [1.807, 2.05) is 0 Å². The molecule has 1 aromatic rings. The van der Waals surface area contributed by atoms with Crippen LogP contribution in [0.1, 0.15) is 178 Å². The molecule has 1 rings (SSSR count). The first kappa shape index (κ1) is 27.3. The summed E-state index contributed by atoms with van der Waals surface area (Å²) in [5, 5.41) is 0. The van der Waals surface area contributed by atoms with E-state index in [4.69, 9.17) is 0 Å². The van der Waals surface area contributed by atoms with Crippen LogP contribution in [-0.2, 0) is 12.8 Å². The molecule has 0 aromatic heterocycles. The van der Waals surface area contributed by atoms with E-state index in [1.54, 1.807) is 33.4 Å². The van der Waals surface area contributed by atoms with Gasteiger partial charge < -0.3 is 0 Å². The fraction of sp³-hybridized carbons (Fsp3) is 0.800. The third kappa shape index (κ3) is 6.86. The van der Waals surface area contributed by atoms with Crippen molar-refractivity contribution in [3.63, 3.8) is 0 Å². The maximum atomic E-state index is 2.51. The van der Waals surface area contributed by atoms with E-state index < -0.39 is 0 Å². The summed E-state index contributed by atoms with van der Waals surface area (Å²) in [7, 11) is 0. The van der Waals surface area contributed by atoms with Gasteiger partial charge in [0, 0.05) is 0 Å². The molecule has 0 radical (unpaired) electrons. The molecule has 1 unspecified atom stereocenters. The van der Waals surface area contributed by atoms with Gasteiger partial charge in [-0.2, -0.15) is 0 Å². The molecule has 0 saturated carbocycles. The number of hydrogen-bond acceptors (Lipinski definition) is 0. The molecule has 1 aromatic carbocycles. The van der Waals surface area contributed by atoms with Gasteiger partial charge in [0.05, 0.1) is 0 Å². The fourth-order valence-electron chi connectivity index (χ4n) is 5.71. The Bertz CT molecular complexity index is 574. The lowest BCUT2D eigenvalue weighted by Gasteiger charge is -2.34. The fourth-order valence-corrected chi connectivity index (χ4v) is 5.71. The van der Waals surface area contributed by atoms with E-state index >= 15 is 0 Å². The molecule has 0 saturated heterocycles. The molecule has 30 heavy (non-hydrogen) atoms. The quantitative estimate of drug-likeness (QED) is 0.265. The lowest BCUT2D eigenvalue weighted by Crippen LogP contribution is -2.18. The van der Waals surface area contributed by atoms with E-state index in [0.717, 1.165) is 0 Å². The van der Waals surface area contributed by atoms with Crippen LogP contribution in [0, 0.1) is 0 Å². The van der Waals surface area contributed by atoms with Crippen molar-refractivity contribution in [2.75, 3.05) is 0 Å². The Kier molecular flexibility index (Phi) is 12.3. The highest BCUT2D eigenvalue weighted by molar-refractivity contribution is 5.57. The number of unbranched alkanes of at least 4 members (excludes halogenated alkanes) is 4. The smallest absolute Gasteiger partial charge is 0.0185 e. The minimum atomic E-state index is 0.607. The second-order valence-electron chi connectivity index (χ2n) is 10.7. The van der Waals surface area contributed by atoms with Gasteiger partial charge in [-0.15, -0.1) is 0 Å². The summed E-state index contributed by atoms with van der Waals surface area (Å²) in [5.74, 6) is 2.50. The summed E-state index contributed by atoms with van der Waals surface area (Å²) < 4.78 is 0. The van der Waals surface area contributed by atoms with Crippen molar-refractivity contribution in [3.05, 3.63) is 33.4 Å². The zero-order valence-electron chi connectivity index (χ0n) is 22.4.